The molecule has 0 aliphatic rings. The first-order valence-corrected chi connectivity index (χ1v) is 12.9. The van der Waals surface area contributed by atoms with E-state index in [-0.39, 0.29) is 5.56 Å². The lowest BCUT2D eigenvalue weighted by Crippen LogP contribution is -2.25. The van der Waals surface area contributed by atoms with Crippen molar-refractivity contribution in [1.82, 2.24) is 0 Å². The van der Waals surface area contributed by atoms with Crippen molar-refractivity contribution in [3.8, 4) is 34.5 Å². The molecule has 0 unspecified atom stereocenters. The lowest BCUT2D eigenvalue weighted by atomic mass is 10.0. The summed E-state index contributed by atoms with van der Waals surface area (Å²) in [5.41, 5.74) is -1.62. The van der Waals surface area contributed by atoms with Crippen LogP contribution in [0.3, 0.4) is 0 Å². The number of hydrogen-bond acceptors (Lipinski definition) is 2. The summed E-state index contributed by atoms with van der Waals surface area (Å²) in [5.74, 6) is -5.94. The van der Waals surface area contributed by atoms with E-state index in [0.717, 1.165) is 30.9 Å². The summed E-state index contributed by atoms with van der Waals surface area (Å²) < 4.78 is 147. The lowest BCUT2D eigenvalue weighted by Gasteiger charge is -2.20. The molecule has 0 saturated heterocycles. The van der Waals surface area contributed by atoms with Crippen LogP contribution in [0.4, 0.5) is 43.9 Å². The summed E-state index contributed by atoms with van der Waals surface area (Å²) in [7, 11) is 0. The molecule has 4 aromatic rings. The van der Waals surface area contributed by atoms with Gasteiger partial charge in [0.2, 0.25) is 5.75 Å². The monoisotopic (exact) mass is 626 g/mol. The second-order valence-corrected chi connectivity index (χ2v) is 9.44. The zero-order valence-corrected chi connectivity index (χ0v) is 22.6. The standard InChI is InChI=1S/C32H20F10O2/c1-2-3-4-18-5-7-19(8-6-18)9-10-20-13-25(34)29(26(35)14-20)31(38,39)43-22-11-12-23(24(33)17-22)21-15-27(36)30(28(37)16-21)44-32(40,41)42/h5-8,11-17H,2-4H2,1H3. The van der Waals surface area contributed by atoms with E-state index < -0.39 is 69.7 Å². The Labute approximate surface area is 244 Å². The van der Waals surface area contributed by atoms with Crippen LogP contribution in [0.2, 0.25) is 0 Å². The first-order chi connectivity index (χ1) is 20.7. The molecule has 4 aromatic carbocycles. The molecule has 4 rings (SSSR count). The number of hydrogen-bond donors (Lipinski definition) is 0. The fourth-order valence-electron chi connectivity index (χ4n) is 4.12. The fraction of sp³-hybridized carbons (Fsp3) is 0.188. The van der Waals surface area contributed by atoms with Gasteiger partial charge in [-0.2, -0.15) is 8.78 Å². The summed E-state index contributed by atoms with van der Waals surface area (Å²) in [4.78, 5) is 0. The van der Waals surface area contributed by atoms with Gasteiger partial charge in [-0.3, -0.25) is 0 Å². The normalized spacial score (nSPS) is 11.6. The highest BCUT2D eigenvalue weighted by atomic mass is 19.4. The van der Waals surface area contributed by atoms with Crippen molar-refractivity contribution in [3.05, 3.63) is 118 Å². The van der Waals surface area contributed by atoms with Crippen molar-refractivity contribution in [3.63, 3.8) is 0 Å². The third kappa shape index (κ3) is 7.83. The minimum absolute atomic E-state index is 0.240. The Kier molecular flexibility index (Phi) is 9.47. The summed E-state index contributed by atoms with van der Waals surface area (Å²) >= 11 is 0. The maximum absolute atomic E-state index is 14.8. The first kappa shape index (κ1) is 32.3. The minimum atomic E-state index is -5.41. The Hall–Kier alpha value is -4.66. The Morgan fingerprint density at radius 2 is 1.23 bits per heavy atom. The van der Waals surface area contributed by atoms with Crippen molar-refractivity contribution in [2.75, 3.05) is 0 Å². The summed E-state index contributed by atoms with van der Waals surface area (Å²) in [6.45, 7) is 2.06. The molecule has 0 aromatic heterocycles. The highest BCUT2D eigenvalue weighted by Gasteiger charge is 2.41. The van der Waals surface area contributed by atoms with Crippen LogP contribution < -0.4 is 9.47 Å². The van der Waals surface area contributed by atoms with Gasteiger partial charge in [0.25, 0.3) is 0 Å². The second kappa shape index (κ2) is 12.9. The van der Waals surface area contributed by atoms with E-state index in [1.807, 2.05) is 12.1 Å². The highest BCUT2D eigenvalue weighted by molar-refractivity contribution is 5.66. The van der Waals surface area contributed by atoms with Gasteiger partial charge in [0.15, 0.2) is 11.6 Å². The molecular formula is C32H20F10O2. The average Bonchev–Trinajstić information content (AvgIpc) is 2.92. The molecule has 0 fully saturated rings. The van der Waals surface area contributed by atoms with Crippen molar-refractivity contribution in [2.24, 2.45) is 0 Å². The van der Waals surface area contributed by atoms with Crippen LogP contribution in [0.1, 0.15) is 42.0 Å². The molecular weight excluding hydrogens is 606 g/mol. The van der Waals surface area contributed by atoms with E-state index in [9.17, 15) is 43.9 Å². The Morgan fingerprint density at radius 1 is 0.636 bits per heavy atom. The van der Waals surface area contributed by atoms with Crippen molar-refractivity contribution in [1.29, 1.82) is 0 Å². The molecule has 0 aliphatic carbocycles. The molecule has 0 radical (unpaired) electrons. The van der Waals surface area contributed by atoms with Crippen LogP contribution in [0.5, 0.6) is 11.5 Å². The summed E-state index contributed by atoms with van der Waals surface area (Å²) in [6.07, 6.45) is -7.15. The number of benzene rings is 4. The number of halogens is 10. The zero-order valence-electron chi connectivity index (χ0n) is 22.6. The van der Waals surface area contributed by atoms with Crippen LogP contribution in [0, 0.1) is 40.9 Å². The molecule has 0 atom stereocenters. The number of unbranched alkanes of at least 4 members (excludes halogenated alkanes) is 1. The fourth-order valence-corrected chi connectivity index (χ4v) is 4.12. The second-order valence-electron chi connectivity index (χ2n) is 9.44. The quantitative estimate of drug-likeness (QED) is 0.143. The van der Waals surface area contributed by atoms with Gasteiger partial charge in [-0.05, 0) is 72.5 Å². The minimum Gasteiger partial charge on any atom is -0.429 e. The molecule has 230 valence electrons. The molecule has 0 heterocycles. The Bertz CT molecular complexity index is 1670. The first-order valence-electron chi connectivity index (χ1n) is 12.9. The number of ether oxygens (including phenoxy) is 2. The maximum Gasteiger partial charge on any atom is 0.573 e. The molecule has 0 N–H and O–H groups in total. The maximum atomic E-state index is 14.8. The lowest BCUT2D eigenvalue weighted by molar-refractivity contribution is -0.276. The molecule has 0 aliphatic heterocycles. The van der Waals surface area contributed by atoms with Crippen LogP contribution >= 0.6 is 0 Å². The topological polar surface area (TPSA) is 18.5 Å². The van der Waals surface area contributed by atoms with Crippen LogP contribution in [-0.4, -0.2) is 6.36 Å². The Balaban J connectivity index is 1.53. The van der Waals surface area contributed by atoms with Crippen LogP contribution in [-0.2, 0) is 12.5 Å². The molecule has 0 saturated carbocycles. The van der Waals surface area contributed by atoms with E-state index in [4.69, 9.17) is 0 Å². The van der Waals surface area contributed by atoms with Gasteiger partial charge in [-0.1, -0.05) is 37.3 Å². The van der Waals surface area contributed by atoms with E-state index in [1.165, 1.54) is 0 Å². The summed E-state index contributed by atoms with van der Waals surface area (Å²) in [5, 5.41) is 0. The third-order valence-corrected chi connectivity index (χ3v) is 6.17. The smallest absolute Gasteiger partial charge is 0.429 e. The highest BCUT2D eigenvalue weighted by Crippen LogP contribution is 2.38. The Morgan fingerprint density at radius 3 is 1.77 bits per heavy atom. The third-order valence-electron chi connectivity index (χ3n) is 6.17. The van der Waals surface area contributed by atoms with E-state index in [1.54, 1.807) is 12.1 Å². The van der Waals surface area contributed by atoms with Crippen molar-refractivity contribution < 1.29 is 53.4 Å². The van der Waals surface area contributed by atoms with Crippen molar-refractivity contribution >= 4 is 0 Å². The zero-order chi connectivity index (χ0) is 32.2. The van der Waals surface area contributed by atoms with Crippen molar-refractivity contribution in [2.45, 2.75) is 38.7 Å². The SMILES string of the molecule is CCCCc1ccc(C#Cc2cc(F)c(C(F)(F)Oc3ccc(-c4cc(F)c(OC(F)(F)F)c(F)c4)c(F)c3)c(F)c2)cc1. The van der Waals surface area contributed by atoms with Gasteiger partial charge in [-0.25, -0.2) is 22.0 Å². The number of aryl methyl sites for hydroxylation is 1. The molecule has 12 heteroatoms. The average molecular weight is 626 g/mol. The molecule has 0 amide bonds. The van der Waals surface area contributed by atoms with Gasteiger partial charge >= 0.3 is 12.5 Å². The van der Waals surface area contributed by atoms with Gasteiger partial charge in [0.1, 0.15) is 28.8 Å². The predicted octanol–water partition coefficient (Wildman–Crippen LogP) is 9.82. The number of rotatable bonds is 8. The van der Waals surface area contributed by atoms with E-state index >= 15 is 0 Å². The molecule has 0 bridgehead atoms. The van der Waals surface area contributed by atoms with Gasteiger partial charge in [0, 0.05) is 22.8 Å². The van der Waals surface area contributed by atoms with Crippen LogP contribution in [0.25, 0.3) is 11.1 Å². The molecule has 0 spiro atoms. The van der Waals surface area contributed by atoms with E-state index in [2.05, 4.69) is 28.2 Å². The van der Waals surface area contributed by atoms with Gasteiger partial charge < -0.3 is 9.47 Å². The molecule has 2 nitrogen and oxygen atoms in total. The van der Waals surface area contributed by atoms with Gasteiger partial charge in [0.05, 0.1) is 0 Å². The van der Waals surface area contributed by atoms with Crippen LogP contribution in [0.15, 0.2) is 66.7 Å². The van der Waals surface area contributed by atoms with Gasteiger partial charge in [-0.15, -0.1) is 13.2 Å². The molecule has 44 heavy (non-hydrogen) atoms. The predicted molar refractivity (Wildman–Crippen MR) is 140 cm³/mol. The van der Waals surface area contributed by atoms with E-state index in [0.29, 0.717) is 42.0 Å². The summed E-state index contributed by atoms with van der Waals surface area (Å²) in [6, 6.07) is 10.7. The number of alkyl halides is 5. The largest absolute Gasteiger partial charge is 0.573 e.